The number of primary amides is 1. The molecule has 4 rings (SSSR count). The number of hydrogen-bond donors (Lipinski definition) is 2. The Morgan fingerprint density at radius 1 is 1.40 bits per heavy atom. The summed E-state index contributed by atoms with van der Waals surface area (Å²) >= 11 is 6.74. The van der Waals surface area contributed by atoms with E-state index in [9.17, 15) is 27.2 Å². The van der Waals surface area contributed by atoms with E-state index >= 15 is 0 Å². The fourth-order valence-electron chi connectivity index (χ4n) is 3.51. The average molecular weight is 463 g/mol. The number of rotatable bonds is 5. The molecule has 1 saturated carbocycles. The zero-order chi connectivity index (χ0) is 21.8. The summed E-state index contributed by atoms with van der Waals surface area (Å²) in [4.78, 5) is 29.5. The van der Waals surface area contributed by atoms with Gasteiger partial charge >= 0.3 is 12.2 Å². The Morgan fingerprint density at radius 3 is 2.63 bits per heavy atom. The molecule has 1 saturated heterocycles. The highest BCUT2D eigenvalue weighted by atomic mass is 35.5. The van der Waals surface area contributed by atoms with Crippen molar-refractivity contribution in [2.75, 3.05) is 6.54 Å². The molecule has 2 aromatic rings. The molecule has 160 valence electrons. The molecule has 1 aliphatic carbocycles. The van der Waals surface area contributed by atoms with Crippen LogP contribution in [-0.2, 0) is 10.2 Å². The summed E-state index contributed by atoms with van der Waals surface area (Å²) in [5.41, 5.74) is 3.82. The van der Waals surface area contributed by atoms with E-state index < -0.39 is 41.4 Å². The van der Waals surface area contributed by atoms with Gasteiger partial charge in [0.1, 0.15) is 28.3 Å². The average Bonchev–Trinajstić information content (AvgIpc) is 3.21. The molecule has 2 atom stereocenters. The summed E-state index contributed by atoms with van der Waals surface area (Å²) < 4.78 is 54.2. The number of carbonyl (C=O) groups is 2. The third-order valence-corrected chi connectivity index (χ3v) is 6.71. The van der Waals surface area contributed by atoms with Crippen molar-refractivity contribution in [2.45, 2.75) is 36.5 Å². The van der Waals surface area contributed by atoms with Crippen LogP contribution in [0.3, 0.4) is 0 Å². The summed E-state index contributed by atoms with van der Waals surface area (Å²) in [6, 6.07) is 1.15. The first-order valence-electron chi connectivity index (χ1n) is 8.87. The maximum Gasteiger partial charge on any atom is 0.400 e. The first kappa shape index (κ1) is 20.9. The Labute approximate surface area is 177 Å². The van der Waals surface area contributed by atoms with E-state index in [-0.39, 0.29) is 35.1 Å². The van der Waals surface area contributed by atoms with E-state index in [0.29, 0.717) is 5.56 Å². The maximum atomic E-state index is 13.7. The van der Waals surface area contributed by atoms with Gasteiger partial charge in [0.15, 0.2) is 0 Å². The number of alkyl halides is 3. The summed E-state index contributed by atoms with van der Waals surface area (Å²) in [6.07, 6.45) is -4.53. The topological polar surface area (TPSA) is 88.3 Å². The lowest BCUT2D eigenvalue weighted by atomic mass is 10.0. The van der Waals surface area contributed by atoms with Gasteiger partial charge in [-0.05, 0) is 30.5 Å². The van der Waals surface area contributed by atoms with Gasteiger partial charge in [0.05, 0.1) is 17.3 Å². The second kappa shape index (κ2) is 7.09. The van der Waals surface area contributed by atoms with Gasteiger partial charge in [0, 0.05) is 5.38 Å². The van der Waals surface area contributed by atoms with Crippen molar-refractivity contribution in [2.24, 2.45) is 5.73 Å². The van der Waals surface area contributed by atoms with Crippen molar-refractivity contribution >= 4 is 34.9 Å². The van der Waals surface area contributed by atoms with Crippen LogP contribution in [0.2, 0.25) is 5.02 Å². The molecule has 2 aliphatic rings. The Morgan fingerprint density at radius 2 is 2.10 bits per heavy atom. The predicted molar refractivity (Wildman–Crippen MR) is 101 cm³/mol. The van der Waals surface area contributed by atoms with Crippen molar-refractivity contribution in [3.63, 3.8) is 0 Å². The lowest BCUT2D eigenvalue weighted by molar-refractivity contribution is -0.160. The number of thiazole rings is 1. The van der Waals surface area contributed by atoms with E-state index in [1.165, 1.54) is 22.4 Å². The van der Waals surface area contributed by atoms with Crippen molar-refractivity contribution < 1.29 is 27.2 Å². The van der Waals surface area contributed by atoms with E-state index in [1.54, 1.807) is 0 Å². The molecule has 3 N–H and O–H groups in total. The summed E-state index contributed by atoms with van der Waals surface area (Å²) in [7, 11) is 0. The van der Waals surface area contributed by atoms with Crippen molar-refractivity contribution in [3.05, 3.63) is 50.7 Å². The fourth-order valence-corrected chi connectivity index (χ4v) is 4.82. The summed E-state index contributed by atoms with van der Waals surface area (Å²) in [6.45, 7) is -0.120. The molecule has 1 unspecified atom stereocenters. The summed E-state index contributed by atoms with van der Waals surface area (Å²) in [5.74, 6) is -1.44. The van der Waals surface area contributed by atoms with Crippen LogP contribution in [0.4, 0.5) is 22.4 Å². The van der Waals surface area contributed by atoms with Crippen LogP contribution in [0.5, 0.6) is 0 Å². The van der Waals surface area contributed by atoms with Crippen LogP contribution >= 0.6 is 22.9 Å². The molecule has 1 aromatic heterocycles. The number of urea groups is 1. The molecular formula is C18H15ClF4N4O2S. The Kier molecular flexibility index (Phi) is 4.93. The van der Waals surface area contributed by atoms with Gasteiger partial charge in [0.2, 0.25) is 5.91 Å². The Hall–Kier alpha value is -2.40. The highest BCUT2D eigenvalue weighted by Gasteiger charge is 2.66. The standard InChI is InChI=1S/C18H15ClF4N4O2S/c19-9-5-8(1-2-10(9)20)13(27-6-11(14(24)28)26-16(27)29)12-7-30-15(25-12)17(3-4-17)18(21,22)23/h1-2,5,7,11,13H,3-4,6H2,(H2,24,28)(H,26,29)/t11?,13-/m1/s1. The zero-order valence-electron chi connectivity index (χ0n) is 15.2. The van der Waals surface area contributed by atoms with E-state index in [0.717, 1.165) is 17.4 Å². The minimum atomic E-state index is -4.43. The number of halogens is 5. The number of aromatic nitrogens is 1. The molecule has 2 fully saturated rings. The molecule has 6 nitrogen and oxygen atoms in total. The highest BCUT2D eigenvalue weighted by Crippen LogP contribution is 2.59. The quantitative estimate of drug-likeness (QED) is 0.667. The van der Waals surface area contributed by atoms with Gasteiger partial charge in [-0.2, -0.15) is 13.2 Å². The maximum absolute atomic E-state index is 13.7. The van der Waals surface area contributed by atoms with E-state index in [2.05, 4.69) is 10.3 Å². The monoisotopic (exact) mass is 462 g/mol. The van der Waals surface area contributed by atoms with Crippen molar-refractivity contribution in [3.8, 4) is 0 Å². The van der Waals surface area contributed by atoms with Crippen molar-refractivity contribution in [1.29, 1.82) is 0 Å². The molecule has 1 aliphatic heterocycles. The van der Waals surface area contributed by atoms with Crippen LogP contribution in [0.1, 0.15) is 35.1 Å². The molecule has 0 spiro atoms. The molecule has 12 heteroatoms. The largest absolute Gasteiger partial charge is 0.400 e. The first-order chi connectivity index (χ1) is 14.0. The molecule has 3 amide bonds. The van der Waals surface area contributed by atoms with Gasteiger partial charge in [-0.25, -0.2) is 14.2 Å². The highest BCUT2D eigenvalue weighted by molar-refractivity contribution is 7.09. The number of nitrogens with zero attached hydrogens (tertiary/aromatic N) is 2. The van der Waals surface area contributed by atoms with Gasteiger partial charge in [0.25, 0.3) is 0 Å². The number of nitrogens with two attached hydrogens (primary N) is 1. The number of benzene rings is 1. The lowest BCUT2D eigenvalue weighted by Crippen LogP contribution is -2.39. The fraction of sp³-hybridized carbons (Fsp3) is 0.389. The molecule has 30 heavy (non-hydrogen) atoms. The molecule has 1 aromatic carbocycles. The Balaban J connectivity index is 1.76. The van der Waals surface area contributed by atoms with Crippen LogP contribution in [0.25, 0.3) is 0 Å². The normalized spacial score (nSPS) is 21.4. The second-order valence-electron chi connectivity index (χ2n) is 7.29. The van der Waals surface area contributed by atoms with Gasteiger partial charge in [-0.15, -0.1) is 11.3 Å². The molecule has 0 radical (unpaired) electrons. The van der Waals surface area contributed by atoms with Crippen LogP contribution in [-0.4, -0.2) is 40.6 Å². The van der Waals surface area contributed by atoms with Crippen LogP contribution in [0.15, 0.2) is 23.6 Å². The minimum Gasteiger partial charge on any atom is -0.368 e. The second-order valence-corrected chi connectivity index (χ2v) is 8.56. The van der Waals surface area contributed by atoms with Gasteiger partial charge in [-0.1, -0.05) is 17.7 Å². The molecular weight excluding hydrogens is 448 g/mol. The van der Waals surface area contributed by atoms with Gasteiger partial charge < -0.3 is 16.0 Å². The number of amides is 3. The lowest BCUT2D eigenvalue weighted by Gasteiger charge is -2.26. The van der Waals surface area contributed by atoms with Gasteiger partial charge in [-0.3, -0.25) is 4.79 Å². The zero-order valence-corrected chi connectivity index (χ0v) is 16.7. The molecule has 2 heterocycles. The van der Waals surface area contributed by atoms with Crippen LogP contribution in [0, 0.1) is 5.82 Å². The third kappa shape index (κ3) is 3.39. The number of hydrogen-bond acceptors (Lipinski definition) is 4. The first-order valence-corrected chi connectivity index (χ1v) is 10.1. The van der Waals surface area contributed by atoms with Crippen LogP contribution < -0.4 is 11.1 Å². The SMILES string of the molecule is NC(=O)C1CN([C@H](c2ccc(F)c(Cl)c2)c2csc(C3(C(F)(F)F)CC3)n2)C(=O)N1. The summed E-state index contributed by atoms with van der Waals surface area (Å²) in [5, 5.41) is 3.56. The minimum absolute atomic E-state index is 0.0511. The third-order valence-electron chi connectivity index (χ3n) is 5.36. The predicted octanol–water partition coefficient (Wildman–Crippen LogP) is 3.50. The number of nitrogens with one attached hydrogen (secondary N) is 1. The molecule has 0 bridgehead atoms. The van der Waals surface area contributed by atoms with E-state index in [4.69, 9.17) is 17.3 Å². The Bertz CT molecular complexity index is 1020. The smallest absolute Gasteiger partial charge is 0.368 e. The van der Waals surface area contributed by atoms with E-state index in [1.807, 2.05) is 0 Å². The van der Waals surface area contributed by atoms with Crippen molar-refractivity contribution in [1.82, 2.24) is 15.2 Å². The number of carbonyl (C=O) groups excluding carboxylic acids is 2.